The Bertz CT molecular complexity index is 623. The van der Waals surface area contributed by atoms with E-state index < -0.39 is 0 Å². The van der Waals surface area contributed by atoms with Gasteiger partial charge in [0, 0.05) is 26.4 Å². The zero-order valence-corrected chi connectivity index (χ0v) is 12.5. The van der Waals surface area contributed by atoms with Crippen molar-refractivity contribution in [3.63, 3.8) is 0 Å². The van der Waals surface area contributed by atoms with Gasteiger partial charge in [0.2, 0.25) is 0 Å². The van der Waals surface area contributed by atoms with E-state index in [2.05, 4.69) is 21.2 Å². The van der Waals surface area contributed by atoms with E-state index in [-0.39, 0.29) is 5.91 Å². The second-order valence-electron chi connectivity index (χ2n) is 4.19. The van der Waals surface area contributed by atoms with Crippen LogP contribution in [0.5, 0.6) is 0 Å². The summed E-state index contributed by atoms with van der Waals surface area (Å²) >= 11 is 9.23. The second-order valence-corrected chi connectivity index (χ2v) is 5.54. The molecule has 2 rings (SSSR count). The molecule has 2 aromatic rings. The molecular formula is C14H12BrClN2O. The molecule has 98 valence electrons. The van der Waals surface area contributed by atoms with Crippen LogP contribution in [0.4, 0.5) is 11.4 Å². The number of nitrogen functional groups attached to an aromatic ring is 1. The minimum Gasteiger partial charge on any atom is -0.399 e. The Morgan fingerprint density at radius 1 is 1.26 bits per heavy atom. The molecule has 3 N–H and O–H groups in total. The number of carbonyl (C=O) groups is 1. The third-order valence-corrected chi connectivity index (χ3v) is 3.32. The topological polar surface area (TPSA) is 55.1 Å². The third-order valence-electron chi connectivity index (χ3n) is 2.63. The first-order chi connectivity index (χ1) is 8.95. The van der Waals surface area contributed by atoms with Gasteiger partial charge in [-0.2, -0.15) is 0 Å². The van der Waals surface area contributed by atoms with Crippen LogP contribution >= 0.6 is 27.5 Å². The minimum absolute atomic E-state index is 0.224. The predicted molar refractivity (Wildman–Crippen MR) is 82.7 cm³/mol. The van der Waals surface area contributed by atoms with E-state index in [1.807, 2.05) is 13.0 Å². The molecule has 0 radical (unpaired) electrons. The van der Waals surface area contributed by atoms with Crippen molar-refractivity contribution in [1.29, 1.82) is 0 Å². The van der Waals surface area contributed by atoms with Crippen LogP contribution in [0.3, 0.4) is 0 Å². The maximum absolute atomic E-state index is 12.2. The first-order valence-corrected chi connectivity index (χ1v) is 6.76. The number of anilines is 2. The van der Waals surface area contributed by atoms with Crippen molar-refractivity contribution in [1.82, 2.24) is 0 Å². The van der Waals surface area contributed by atoms with Crippen LogP contribution < -0.4 is 11.1 Å². The van der Waals surface area contributed by atoms with E-state index in [1.54, 1.807) is 30.3 Å². The second kappa shape index (κ2) is 5.63. The van der Waals surface area contributed by atoms with Gasteiger partial charge in [0.1, 0.15) is 0 Å². The molecule has 0 aliphatic rings. The lowest BCUT2D eigenvalue weighted by Gasteiger charge is -2.09. The molecule has 5 heteroatoms. The largest absolute Gasteiger partial charge is 0.399 e. The van der Waals surface area contributed by atoms with Gasteiger partial charge in [-0.1, -0.05) is 33.6 Å². The lowest BCUT2D eigenvalue weighted by atomic mass is 10.1. The molecule has 0 aliphatic carbocycles. The summed E-state index contributed by atoms with van der Waals surface area (Å²) in [5.74, 6) is -0.224. The molecule has 19 heavy (non-hydrogen) atoms. The predicted octanol–water partition coefficient (Wildman–Crippen LogP) is 4.25. The van der Waals surface area contributed by atoms with E-state index in [4.69, 9.17) is 17.3 Å². The summed E-state index contributed by atoms with van der Waals surface area (Å²) in [6.45, 7) is 1.90. The van der Waals surface area contributed by atoms with Crippen molar-refractivity contribution < 1.29 is 4.79 Å². The molecule has 0 fully saturated rings. The molecule has 0 aliphatic heterocycles. The fourth-order valence-corrected chi connectivity index (χ4v) is 2.35. The van der Waals surface area contributed by atoms with Crippen LogP contribution in [0.2, 0.25) is 5.02 Å². The third kappa shape index (κ3) is 3.49. The maximum Gasteiger partial charge on any atom is 0.255 e. The van der Waals surface area contributed by atoms with Gasteiger partial charge in [0.25, 0.3) is 5.91 Å². The number of aryl methyl sites for hydroxylation is 1. The van der Waals surface area contributed by atoms with Crippen molar-refractivity contribution in [2.45, 2.75) is 6.92 Å². The molecule has 0 spiro atoms. The molecule has 0 heterocycles. The zero-order valence-electron chi connectivity index (χ0n) is 10.2. The van der Waals surface area contributed by atoms with Gasteiger partial charge < -0.3 is 11.1 Å². The fraction of sp³-hybridized carbons (Fsp3) is 0.0714. The number of amides is 1. The molecule has 0 bridgehead atoms. The SMILES string of the molecule is Cc1ccc(Cl)cc1NC(=O)c1cc(N)cc(Br)c1. The Labute approximate surface area is 124 Å². The first kappa shape index (κ1) is 13.9. The highest BCUT2D eigenvalue weighted by Gasteiger charge is 2.09. The highest BCUT2D eigenvalue weighted by Crippen LogP contribution is 2.22. The Balaban J connectivity index is 2.28. The summed E-state index contributed by atoms with van der Waals surface area (Å²) in [5.41, 5.74) is 8.37. The number of hydrogen-bond acceptors (Lipinski definition) is 2. The molecule has 0 saturated carbocycles. The Morgan fingerprint density at radius 3 is 2.68 bits per heavy atom. The summed E-state index contributed by atoms with van der Waals surface area (Å²) in [4.78, 5) is 12.2. The van der Waals surface area contributed by atoms with Crippen molar-refractivity contribution >= 4 is 44.8 Å². The maximum atomic E-state index is 12.2. The van der Waals surface area contributed by atoms with E-state index in [9.17, 15) is 4.79 Å². The highest BCUT2D eigenvalue weighted by atomic mass is 79.9. The number of rotatable bonds is 2. The van der Waals surface area contributed by atoms with E-state index in [0.29, 0.717) is 22.0 Å². The molecule has 0 atom stereocenters. The van der Waals surface area contributed by atoms with Gasteiger partial charge in [-0.15, -0.1) is 0 Å². The summed E-state index contributed by atoms with van der Waals surface area (Å²) < 4.78 is 0.764. The molecule has 1 amide bonds. The summed E-state index contributed by atoms with van der Waals surface area (Å²) in [7, 11) is 0. The van der Waals surface area contributed by atoms with Crippen LogP contribution in [0.25, 0.3) is 0 Å². The first-order valence-electron chi connectivity index (χ1n) is 5.59. The standard InChI is InChI=1S/C14H12BrClN2O/c1-8-2-3-11(16)7-13(8)18-14(19)9-4-10(15)6-12(17)5-9/h2-7H,17H2,1H3,(H,18,19). The average Bonchev–Trinajstić information content (AvgIpc) is 2.32. The highest BCUT2D eigenvalue weighted by molar-refractivity contribution is 9.10. The quantitative estimate of drug-likeness (QED) is 0.804. The van der Waals surface area contributed by atoms with Gasteiger partial charge in [-0.3, -0.25) is 4.79 Å². The molecule has 3 nitrogen and oxygen atoms in total. The van der Waals surface area contributed by atoms with Crippen LogP contribution in [0.15, 0.2) is 40.9 Å². The lowest BCUT2D eigenvalue weighted by molar-refractivity contribution is 0.102. The van der Waals surface area contributed by atoms with Crippen molar-refractivity contribution in [2.75, 3.05) is 11.1 Å². The monoisotopic (exact) mass is 338 g/mol. The number of hydrogen-bond donors (Lipinski definition) is 2. The van der Waals surface area contributed by atoms with E-state index in [0.717, 1.165) is 10.0 Å². The van der Waals surface area contributed by atoms with Crippen LogP contribution in [-0.2, 0) is 0 Å². The lowest BCUT2D eigenvalue weighted by Crippen LogP contribution is -2.13. The number of nitrogens with one attached hydrogen (secondary N) is 1. The zero-order chi connectivity index (χ0) is 14.0. The molecular weight excluding hydrogens is 328 g/mol. The summed E-state index contributed by atoms with van der Waals surface area (Å²) in [6.07, 6.45) is 0. The number of nitrogens with two attached hydrogens (primary N) is 1. The normalized spacial score (nSPS) is 10.3. The van der Waals surface area contributed by atoms with Gasteiger partial charge >= 0.3 is 0 Å². The van der Waals surface area contributed by atoms with Crippen molar-refractivity contribution in [3.8, 4) is 0 Å². The van der Waals surface area contributed by atoms with Crippen LogP contribution in [0.1, 0.15) is 15.9 Å². The van der Waals surface area contributed by atoms with Crippen molar-refractivity contribution in [3.05, 3.63) is 57.0 Å². The van der Waals surface area contributed by atoms with Gasteiger partial charge in [-0.05, 0) is 42.8 Å². The number of carbonyl (C=O) groups excluding carboxylic acids is 1. The van der Waals surface area contributed by atoms with Gasteiger partial charge in [0.15, 0.2) is 0 Å². The smallest absolute Gasteiger partial charge is 0.255 e. The van der Waals surface area contributed by atoms with E-state index >= 15 is 0 Å². The number of benzene rings is 2. The number of halogens is 2. The van der Waals surface area contributed by atoms with Gasteiger partial charge in [0.05, 0.1) is 0 Å². The fourth-order valence-electron chi connectivity index (χ4n) is 1.67. The van der Waals surface area contributed by atoms with Gasteiger partial charge in [-0.25, -0.2) is 0 Å². The summed E-state index contributed by atoms with van der Waals surface area (Å²) in [6, 6.07) is 10.4. The molecule has 0 saturated heterocycles. The molecule has 2 aromatic carbocycles. The molecule has 0 unspecified atom stereocenters. The Hall–Kier alpha value is -1.52. The van der Waals surface area contributed by atoms with Crippen LogP contribution in [0, 0.1) is 6.92 Å². The van der Waals surface area contributed by atoms with Crippen molar-refractivity contribution in [2.24, 2.45) is 0 Å². The summed E-state index contributed by atoms with van der Waals surface area (Å²) in [5, 5.41) is 3.40. The Morgan fingerprint density at radius 2 is 2.00 bits per heavy atom. The minimum atomic E-state index is -0.224. The molecule has 0 aromatic heterocycles. The Kier molecular flexibility index (Phi) is 4.12. The van der Waals surface area contributed by atoms with E-state index in [1.165, 1.54) is 0 Å². The average molecular weight is 340 g/mol. The van der Waals surface area contributed by atoms with Crippen LogP contribution in [-0.4, -0.2) is 5.91 Å².